The molecule has 0 amide bonds. The molecule has 0 saturated carbocycles. The second-order valence-electron chi connectivity index (χ2n) is 4.05. The number of carbonyl (C=O) groups excluding carboxylic acids is 1. The molecule has 0 aromatic carbocycles. The van der Waals surface area contributed by atoms with Crippen LogP contribution in [0.5, 0.6) is 0 Å². The van der Waals surface area contributed by atoms with Crippen molar-refractivity contribution in [3.63, 3.8) is 0 Å². The van der Waals surface area contributed by atoms with Gasteiger partial charge >= 0.3 is 5.97 Å². The van der Waals surface area contributed by atoms with E-state index in [1.165, 1.54) is 0 Å². The van der Waals surface area contributed by atoms with Gasteiger partial charge in [-0.05, 0) is 12.3 Å². The summed E-state index contributed by atoms with van der Waals surface area (Å²) in [4.78, 5) is 15.6. The Bertz CT molecular complexity index is 248. The number of nitrogens with zero attached hydrogens (tertiary/aromatic N) is 1. The molecule has 4 heteroatoms. The van der Waals surface area contributed by atoms with Crippen LogP contribution in [0.4, 0.5) is 0 Å². The van der Waals surface area contributed by atoms with Crippen LogP contribution in [0.25, 0.3) is 0 Å². The highest BCUT2D eigenvalue weighted by Gasteiger charge is 2.27. The molecule has 86 valence electrons. The number of carbonyl (C=O) groups is 1. The van der Waals surface area contributed by atoms with Crippen LogP contribution in [0.2, 0.25) is 0 Å². The molecule has 0 aromatic heterocycles. The third-order valence-corrected chi connectivity index (χ3v) is 2.35. The maximum atomic E-state index is 11.4. The highest BCUT2D eigenvalue weighted by molar-refractivity contribution is 6.33. The van der Waals surface area contributed by atoms with Crippen LogP contribution in [0.3, 0.4) is 0 Å². The van der Waals surface area contributed by atoms with Crippen LogP contribution < -0.4 is 0 Å². The van der Waals surface area contributed by atoms with Gasteiger partial charge in [-0.3, -0.25) is 0 Å². The Balaban J connectivity index is 2.37. The molecule has 0 saturated heterocycles. The zero-order valence-electron chi connectivity index (χ0n) is 9.66. The van der Waals surface area contributed by atoms with Crippen molar-refractivity contribution in [3.8, 4) is 0 Å². The molecule has 4 nitrogen and oxygen atoms in total. The van der Waals surface area contributed by atoms with Crippen molar-refractivity contribution in [2.75, 3.05) is 13.2 Å². The van der Waals surface area contributed by atoms with Gasteiger partial charge in [0, 0.05) is 0 Å². The fraction of sp³-hybridized carbons (Fsp3) is 0.818. The highest BCUT2D eigenvalue weighted by atomic mass is 16.6. The summed E-state index contributed by atoms with van der Waals surface area (Å²) >= 11 is 0. The second-order valence-corrected chi connectivity index (χ2v) is 4.05. The van der Waals surface area contributed by atoms with E-state index in [0.717, 1.165) is 12.8 Å². The SMILES string of the molecule is CCCCOC(=O)C1=N[C@@H](C(C)C)CO1. The number of esters is 1. The quantitative estimate of drug-likeness (QED) is 0.516. The summed E-state index contributed by atoms with van der Waals surface area (Å²) in [5.74, 6) is 0.113. The maximum absolute atomic E-state index is 11.4. The summed E-state index contributed by atoms with van der Waals surface area (Å²) in [6.07, 6.45) is 1.89. The lowest BCUT2D eigenvalue weighted by atomic mass is 10.1. The van der Waals surface area contributed by atoms with Crippen LogP contribution in [0.15, 0.2) is 4.99 Å². The van der Waals surface area contributed by atoms with Crippen LogP contribution in [0, 0.1) is 5.92 Å². The number of unbranched alkanes of at least 4 members (excludes halogenated alkanes) is 1. The lowest BCUT2D eigenvalue weighted by Gasteiger charge is -2.06. The van der Waals surface area contributed by atoms with Crippen LogP contribution >= 0.6 is 0 Å². The standard InChI is InChI=1S/C11H19NO3/c1-4-5-6-14-11(13)10-12-9(7-15-10)8(2)3/h8-9H,4-7H2,1-3H3/t9-/m1/s1. The zero-order valence-corrected chi connectivity index (χ0v) is 9.66. The first-order valence-corrected chi connectivity index (χ1v) is 5.52. The van der Waals surface area contributed by atoms with Crippen molar-refractivity contribution in [3.05, 3.63) is 0 Å². The summed E-state index contributed by atoms with van der Waals surface area (Å²) in [6, 6.07) is 0.0960. The van der Waals surface area contributed by atoms with E-state index in [2.05, 4.69) is 18.8 Å². The van der Waals surface area contributed by atoms with E-state index in [1.54, 1.807) is 0 Å². The zero-order chi connectivity index (χ0) is 11.3. The molecule has 1 heterocycles. The Kier molecular flexibility index (Phi) is 4.59. The van der Waals surface area contributed by atoms with E-state index < -0.39 is 5.97 Å². The van der Waals surface area contributed by atoms with Gasteiger partial charge in [-0.1, -0.05) is 27.2 Å². The summed E-state index contributed by atoms with van der Waals surface area (Å²) in [5, 5.41) is 0. The molecule has 0 aromatic rings. The first-order valence-electron chi connectivity index (χ1n) is 5.52. The first-order chi connectivity index (χ1) is 7.15. The molecule has 0 fully saturated rings. The summed E-state index contributed by atoms with van der Waals surface area (Å²) < 4.78 is 10.2. The van der Waals surface area contributed by atoms with Gasteiger partial charge in [0.1, 0.15) is 6.61 Å². The summed E-state index contributed by atoms with van der Waals surface area (Å²) in [6.45, 7) is 7.11. The number of hydrogen-bond acceptors (Lipinski definition) is 4. The van der Waals surface area contributed by atoms with Gasteiger partial charge in [0.15, 0.2) is 0 Å². The average molecular weight is 213 g/mol. The maximum Gasteiger partial charge on any atom is 0.393 e. The van der Waals surface area contributed by atoms with Gasteiger partial charge in [-0.25, -0.2) is 9.79 Å². The molecule has 0 bridgehead atoms. The predicted octanol–water partition coefficient (Wildman–Crippen LogP) is 1.78. The topological polar surface area (TPSA) is 47.9 Å². The van der Waals surface area contributed by atoms with Gasteiger partial charge < -0.3 is 9.47 Å². The van der Waals surface area contributed by atoms with E-state index in [0.29, 0.717) is 19.1 Å². The molecule has 1 aliphatic heterocycles. The van der Waals surface area contributed by atoms with E-state index in [9.17, 15) is 4.79 Å². The molecule has 0 radical (unpaired) electrons. The first kappa shape index (κ1) is 12.0. The Morgan fingerprint density at radius 2 is 2.40 bits per heavy atom. The molecule has 0 spiro atoms. The van der Waals surface area contributed by atoms with Gasteiger partial charge in [0.2, 0.25) is 0 Å². The molecular weight excluding hydrogens is 194 g/mol. The van der Waals surface area contributed by atoms with Crippen molar-refractivity contribution < 1.29 is 14.3 Å². The fourth-order valence-corrected chi connectivity index (χ4v) is 1.21. The van der Waals surface area contributed by atoms with Crippen LogP contribution in [-0.2, 0) is 14.3 Å². The summed E-state index contributed by atoms with van der Waals surface area (Å²) in [5.41, 5.74) is 0. The normalized spacial score (nSPS) is 20.0. The van der Waals surface area contributed by atoms with Crippen molar-refractivity contribution in [1.82, 2.24) is 0 Å². The third kappa shape index (κ3) is 3.53. The molecule has 1 atom stereocenters. The van der Waals surface area contributed by atoms with Crippen molar-refractivity contribution >= 4 is 11.9 Å². The van der Waals surface area contributed by atoms with Crippen molar-refractivity contribution in [1.29, 1.82) is 0 Å². The molecular formula is C11H19NO3. The van der Waals surface area contributed by atoms with E-state index in [4.69, 9.17) is 9.47 Å². The molecule has 0 N–H and O–H groups in total. The number of rotatable bonds is 5. The Hall–Kier alpha value is -1.06. The smallest absolute Gasteiger partial charge is 0.393 e. The number of hydrogen-bond donors (Lipinski definition) is 0. The van der Waals surface area contributed by atoms with Crippen molar-refractivity contribution in [2.45, 2.75) is 39.7 Å². The molecule has 15 heavy (non-hydrogen) atoms. The van der Waals surface area contributed by atoms with Gasteiger partial charge in [-0.2, -0.15) is 0 Å². The van der Waals surface area contributed by atoms with Gasteiger partial charge in [-0.15, -0.1) is 0 Å². The van der Waals surface area contributed by atoms with Gasteiger partial charge in [0.25, 0.3) is 5.90 Å². The van der Waals surface area contributed by atoms with Crippen LogP contribution in [0.1, 0.15) is 33.6 Å². The fourth-order valence-electron chi connectivity index (χ4n) is 1.21. The third-order valence-electron chi connectivity index (χ3n) is 2.35. The molecule has 1 aliphatic rings. The monoisotopic (exact) mass is 213 g/mol. The molecule has 0 unspecified atom stereocenters. The largest absolute Gasteiger partial charge is 0.470 e. The van der Waals surface area contributed by atoms with Crippen molar-refractivity contribution in [2.24, 2.45) is 10.9 Å². The summed E-state index contributed by atoms with van der Waals surface area (Å²) in [7, 11) is 0. The lowest BCUT2D eigenvalue weighted by Crippen LogP contribution is -2.18. The minimum atomic E-state index is -0.424. The van der Waals surface area contributed by atoms with E-state index in [-0.39, 0.29) is 11.9 Å². The second kappa shape index (κ2) is 5.73. The van der Waals surface area contributed by atoms with E-state index >= 15 is 0 Å². The minimum absolute atomic E-state index is 0.0960. The van der Waals surface area contributed by atoms with Crippen LogP contribution in [-0.4, -0.2) is 31.1 Å². The predicted molar refractivity (Wildman–Crippen MR) is 57.9 cm³/mol. The van der Waals surface area contributed by atoms with Gasteiger partial charge in [0.05, 0.1) is 12.6 Å². The Morgan fingerprint density at radius 1 is 1.67 bits per heavy atom. The Labute approximate surface area is 90.7 Å². The molecule has 1 rings (SSSR count). The number of ether oxygens (including phenoxy) is 2. The molecule has 0 aliphatic carbocycles. The highest BCUT2D eigenvalue weighted by Crippen LogP contribution is 2.14. The average Bonchev–Trinajstić information content (AvgIpc) is 2.66. The number of aliphatic imine (C=N–C) groups is 1. The van der Waals surface area contributed by atoms with E-state index in [1.807, 2.05) is 6.92 Å². The Morgan fingerprint density at radius 3 is 2.93 bits per heavy atom. The lowest BCUT2D eigenvalue weighted by molar-refractivity contribution is -0.137. The minimum Gasteiger partial charge on any atom is -0.470 e.